The maximum absolute atomic E-state index is 13.0. The molecular formula is C19H18N2O4. The second-order valence-electron chi connectivity index (χ2n) is 5.67. The maximum atomic E-state index is 13.0. The maximum Gasteiger partial charge on any atom is 0.266 e. The van der Waals surface area contributed by atoms with Gasteiger partial charge in [-0.3, -0.25) is 14.2 Å². The summed E-state index contributed by atoms with van der Waals surface area (Å²) in [6.07, 6.45) is 0. The predicted octanol–water partition coefficient (Wildman–Crippen LogP) is 2.67. The summed E-state index contributed by atoms with van der Waals surface area (Å²) in [7, 11) is 1.58. The quantitative estimate of drug-likeness (QED) is 0.715. The Labute approximate surface area is 144 Å². The van der Waals surface area contributed by atoms with Crippen LogP contribution in [-0.2, 0) is 4.79 Å². The Bertz CT molecular complexity index is 1010. The van der Waals surface area contributed by atoms with Crippen LogP contribution in [-0.4, -0.2) is 29.1 Å². The lowest BCUT2D eigenvalue weighted by Crippen LogP contribution is -2.22. The first kappa shape index (κ1) is 16.7. The number of hydrogen-bond donors (Lipinski definition) is 0. The van der Waals surface area contributed by atoms with Crippen LogP contribution in [0.4, 0.5) is 0 Å². The molecule has 0 fully saturated rings. The lowest BCUT2D eigenvalue weighted by atomic mass is 10.2. The average Bonchev–Trinajstić information content (AvgIpc) is 2.60. The molecule has 2 aromatic carbocycles. The van der Waals surface area contributed by atoms with E-state index in [2.05, 4.69) is 4.98 Å². The second kappa shape index (κ2) is 6.76. The number of fused-ring (bicyclic) bond motifs is 1. The van der Waals surface area contributed by atoms with Crippen LogP contribution in [0.1, 0.15) is 12.7 Å². The molecular weight excluding hydrogens is 320 g/mol. The summed E-state index contributed by atoms with van der Waals surface area (Å²) in [5, 5.41) is 0.425. The van der Waals surface area contributed by atoms with Gasteiger partial charge < -0.3 is 9.47 Å². The smallest absolute Gasteiger partial charge is 0.266 e. The molecule has 0 saturated heterocycles. The Balaban J connectivity index is 2.15. The number of nitrogens with zero attached hydrogens (tertiary/aromatic N) is 2. The average molecular weight is 338 g/mol. The van der Waals surface area contributed by atoms with Crippen molar-refractivity contribution in [3.8, 4) is 17.2 Å². The van der Waals surface area contributed by atoms with E-state index in [1.165, 1.54) is 11.5 Å². The molecule has 0 saturated carbocycles. The number of ketones is 1. The van der Waals surface area contributed by atoms with Gasteiger partial charge in [-0.25, -0.2) is 4.98 Å². The fraction of sp³-hybridized carbons (Fsp3) is 0.211. The number of ether oxygens (including phenoxy) is 2. The first-order chi connectivity index (χ1) is 12.0. The molecule has 6 heteroatoms. The third kappa shape index (κ3) is 3.38. The molecule has 0 aliphatic carbocycles. The van der Waals surface area contributed by atoms with Crippen LogP contribution in [0.2, 0.25) is 0 Å². The zero-order chi connectivity index (χ0) is 18.0. The van der Waals surface area contributed by atoms with Crippen molar-refractivity contribution in [3.05, 3.63) is 58.6 Å². The number of Topliss-reactive ketones (excluding diaryl/α,β-unsaturated/α-hetero) is 1. The minimum Gasteiger partial charge on any atom is -0.497 e. The van der Waals surface area contributed by atoms with Crippen molar-refractivity contribution in [2.24, 2.45) is 0 Å². The Morgan fingerprint density at radius 3 is 2.68 bits per heavy atom. The van der Waals surface area contributed by atoms with Crippen LogP contribution in [0.25, 0.3) is 16.6 Å². The number of aryl methyl sites for hydroxylation is 1. The van der Waals surface area contributed by atoms with E-state index >= 15 is 0 Å². The number of carbonyl (C=O) groups is 1. The number of benzene rings is 2. The molecule has 1 aromatic heterocycles. The van der Waals surface area contributed by atoms with Crippen molar-refractivity contribution >= 4 is 16.7 Å². The van der Waals surface area contributed by atoms with Gasteiger partial charge in [-0.1, -0.05) is 6.07 Å². The molecule has 0 atom stereocenters. The van der Waals surface area contributed by atoms with Crippen LogP contribution < -0.4 is 15.0 Å². The van der Waals surface area contributed by atoms with Gasteiger partial charge in [0.2, 0.25) is 0 Å². The van der Waals surface area contributed by atoms with Crippen LogP contribution in [0.5, 0.6) is 11.5 Å². The van der Waals surface area contributed by atoms with Crippen LogP contribution in [0, 0.1) is 6.92 Å². The Hall–Kier alpha value is -3.15. The molecule has 25 heavy (non-hydrogen) atoms. The zero-order valence-electron chi connectivity index (χ0n) is 14.3. The van der Waals surface area contributed by atoms with Gasteiger partial charge in [0.25, 0.3) is 5.56 Å². The van der Waals surface area contributed by atoms with Crippen LogP contribution in [0.3, 0.4) is 0 Å². The molecule has 0 aliphatic heterocycles. The highest BCUT2D eigenvalue weighted by Crippen LogP contribution is 2.20. The number of aromatic nitrogens is 2. The molecule has 0 aliphatic rings. The number of hydrogen-bond acceptors (Lipinski definition) is 5. The Morgan fingerprint density at radius 2 is 1.96 bits per heavy atom. The molecule has 0 amide bonds. The molecule has 0 bridgehead atoms. The van der Waals surface area contributed by atoms with Crippen LogP contribution >= 0.6 is 0 Å². The first-order valence-electron chi connectivity index (χ1n) is 7.79. The van der Waals surface area contributed by atoms with E-state index in [0.717, 1.165) is 0 Å². The van der Waals surface area contributed by atoms with Gasteiger partial charge in [0.05, 0.1) is 23.7 Å². The SMILES string of the molecule is COc1cccc(-n2c(C)nc3ccc(OCC(C)=O)cc3c2=O)c1. The Morgan fingerprint density at radius 1 is 1.16 bits per heavy atom. The summed E-state index contributed by atoms with van der Waals surface area (Å²) in [4.78, 5) is 28.6. The molecule has 3 rings (SSSR count). The summed E-state index contributed by atoms with van der Waals surface area (Å²) >= 11 is 0. The Kier molecular flexibility index (Phi) is 4.52. The topological polar surface area (TPSA) is 70.4 Å². The van der Waals surface area contributed by atoms with E-state index in [1.807, 2.05) is 18.2 Å². The third-order valence-electron chi connectivity index (χ3n) is 3.76. The summed E-state index contributed by atoms with van der Waals surface area (Å²) < 4.78 is 12.2. The molecule has 1 heterocycles. The van der Waals surface area contributed by atoms with Gasteiger partial charge in [0.15, 0.2) is 5.78 Å². The minimum absolute atomic E-state index is 0.0329. The summed E-state index contributed by atoms with van der Waals surface area (Å²) in [5.74, 6) is 1.60. The molecule has 6 nitrogen and oxygen atoms in total. The molecule has 0 spiro atoms. The van der Waals surface area contributed by atoms with Gasteiger partial charge in [0.1, 0.15) is 23.9 Å². The fourth-order valence-corrected chi connectivity index (χ4v) is 2.60. The number of rotatable bonds is 5. The monoisotopic (exact) mass is 338 g/mol. The molecule has 0 unspecified atom stereocenters. The van der Waals surface area contributed by atoms with E-state index in [-0.39, 0.29) is 17.9 Å². The number of carbonyl (C=O) groups excluding carboxylic acids is 1. The van der Waals surface area contributed by atoms with Gasteiger partial charge in [-0.2, -0.15) is 0 Å². The number of methoxy groups -OCH3 is 1. The van der Waals surface area contributed by atoms with Crippen molar-refractivity contribution in [3.63, 3.8) is 0 Å². The van der Waals surface area contributed by atoms with Crippen molar-refractivity contribution in [1.29, 1.82) is 0 Å². The zero-order valence-corrected chi connectivity index (χ0v) is 14.3. The molecule has 3 aromatic rings. The predicted molar refractivity (Wildman–Crippen MR) is 94.8 cm³/mol. The highest BCUT2D eigenvalue weighted by Gasteiger charge is 2.12. The van der Waals surface area contributed by atoms with Crippen LogP contribution in [0.15, 0.2) is 47.3 Å². The van der Waals surface area contributed by atoms with E-state index in [4.69, 9.17) is 9.47 Å². The highest BCUT2D eigenvalue weighted by molar-refractivity contribution is 5.80. The third-order valence-corrected chi connectivity index (χ3v) is 3.76. The van der Waals surface area contributed by atoms with Gasteiger partial charge in [-0.15, -0.1) is 0 Å². The van der Waals surface area contributed by atoms with E-state index in [9.17, 15) is 9.59 Å². The summed E-state index contributed by atoms with van der Waals surface area (Å²) in [6, 6.07) is 12.3. The van der Waals surface area contributed by atoms with E-state index in [0.29, 0.717) is 33.9 Å². The lowest BCUT2D eigenvalue weighted by Gasteiger charge is -2.12. The van der Waals surface area contributed by atoms with Crippen molar-refractivity contribution in [1.82, 2.24) is 9.55 Å². The van der Waals surface area contributed by atoms with E-state index in [1.54, 1.807) is 38.3 Å². The largest absolute Gasteiger partial charge is 0.497 e. The molecule has 0 N–H and O–H groups in total. The van der Waals surface area contributed by atoms with E-state index < -0.39 is 0 Å². The van der Waals surface area contributed by atoms with Crippen molar-refractivity contribution in [2.45, 2.75) is 13.8 Å². The molecule has 128 valence electrons. The minimum atomic E-state index is -0.205. The van der Waals surface area contributed by atoms with Gasteiger partial charge >= 0.3 is 0 Å². The fourth-order valence-electron chi connectivity index (χ4n) is 2.60. The first-order valence-corrected chi connectivity index (χ1v) is 7.79. The van der Waals surface area contributed by atoms with Crippen molar-refractivity contribution < 1.29 is 14.3 Å². The van der Waals surface area contributed by atoms with Gasteiger partial charge in [0, 0.05) is 6.07 Å². The van der Waals surface area contributed by atoms with Crippen molar-refractivity contribution in [2.75, 3.05) is 13.7 Å². The summed E-state index contributed by atoms with van der Waals surface area (Å²) in [6.45, 7) is 3.19. The van der Waals surface area contributed by atoms with Gasteiger partial charge in [-0.05, 0) is 44.2 Å². The standard InChI is InChI=1S/C19H18N2O4/c1-12(22)11-25-16-7-8-18-17(10-16)19(23)21(13(2)20-18)14-5-4-6-15(9-14)24-3/h4-10H,11H2,1-3H3. The molecule has 0 radical (unpaired) electrons. The normalized spacial score (nSPS) is 10.7. The lowest BCUT2D eigenvalue weighted by molar-refractivity contribution is -0.118. The second-order valence-corrected chi connectivity index (χ2v) is 5.67. The highest BCUT2D eigenvalue weighted by atomic mass is 16.5. The summed E-state index contributed by atoms with van der Waals surface area (Å²) in [5.41, 5.74) is 1.05.